The Morgan fingerprint density at radius 3 is 2.36 bits per heavy atom. The molecular weight excluding hydrogens is 478 g/mol. The van der Waals surface area contributed by atoms with E-state index in [0.717, 1.165) is 19.3 Å². The van der Waals surface area contributed by atoms with Gasteiger partial charge in [0.25, 0.3) is 0 Å². The zero-order valence-electron chi connectivity index (χ0n) is 23.0. The zero-order valence-corrected chi connectivity index (χ0v) is 23.8. The first-order valence-corrected chi connectivity index (χ1v) is 14.2. The van der Waals surface area contributed by atoms with E-state index in [1.165, 1.54) is 0 Å². The van der Waals surface area contributed by atoms with Crippen LogP contribution in [0.3, 0.4) is 0 Å². The Morgan fingerprint density at radius 2 is 1.81 bits per heavy atom. The predicted octanol–water partition coefficient (Wildman–Crippen LogP) is 4.93. The summed E-state index contributed by atoms with van der Waals surface area (Å²) in [4.78, 5) is 41.6. The number of nitrogens with zero attached hydrogens (tertiary/aromatic N) is 1. The monoisotopic (exact) mass is 523 g/mol. The van der Waals surface area contributed by atoms with Crippen molar-refractivity contribution in [3.8, 4) is 5.75 Å². The molecule has 0 radical (unpaired) electrons. The summed E-state index contributed by atoms with van der Waals surface area (Å²) in [7, 11) is 0. The van der Waals surface area contributed by atoms with Gasteiger partial charge in [-0.3, -0.25) is 9.59 Å². The van der Waals surface area contributed by atoms with E-state index in [-0.39, 0.29) is 17.6 Å². The lowest BCUT2D eigenvalue weighted by atomic mass is 9.99. The highest BCUT2D eigenvalue weighted by Gasteiger charge is 2.36. The van der Waals surface area contributed by atoms with E-state index in [2.05, 4.69) is 10.6 Å². The molecule has 36 heavy (non-hydrogen) atoms. The number of rotatable bonds is 14. The third kappa shape index (κ3) is 10.7. The van der Waals surface area contributed by atoms with Crippen LogP contribution in [0.15, 0.2) is 18.2 Å². The van der Waals surface area contributed by atoms with Crippen LogP contribution in [0.5, 0.6) is 5.75 Å². The fourth-order valence-corrected chi connectivity index (χ4v) is 4.12. The quantitative estimate of drug-likeness (QED) is 0.298. The van der Waals surface area contributed by atoms with Gasteiger partial charge < -0.3 is 25.4 Å². The lowest BCUT2D eigenvalue weighted by molar-refractivity contribution is -0.142. The molecule has 0 aliphatic rings. The van der Waals surface area contributed by atoms with E-state index in [1.807, 2.05) is 20.1 Å². The van der Waals surface area contributed by atoms with E-state index in [9.17, 15) is 19.5 Å². The van der Waals surface area contributed by atoms with Gasteiger partial charge in [0.2, 0.25) is 11.8 Å². The summed E-state index contributed by atoms with van der Waals surface area (Å²) in [6, 6.07) is 3.23. The summed E-state index contributed by atoms with van der Waals surface area (Å²) in [6.45, 7) is 12.0. The van der Waals surface area contributed by atoms with Gasteiger partial charge in [0.15, 0.2) is 0 Å². The summed E-state index contributed by atoms with van der Waals surface area (Å²) < 4.78 is 5.41. The van der Waals surface area contributed by atoms with Crippen molar-refractivity contribution in [1.82, 2.24) is 15.5 Å². The minimum atomic E-state index is -0.891. The molecule has 204 valence electrons. The third-order valence-electron chi connectivity index (χ3n) is 5.56. The molecule has 0 aliphatic carbocycles. The van der Waals surface area contributed by atoms with Gasteiger partial charge in [-0.05, 0) is 82.2 Å². The highest BCUT2D eigenvalue weighted by molar-refractivity contribution is 7.98. The summed E-state index contributed by atoms with van der Waals surface area (Å²) in [5, 5.41) is 15.8. The van der Waals surface area contributed by atoms with Crippen LogP contribution in [0.1, 0.15) is 83.9 Å². The standard InChI is InChI=1S/C27H45N3O5S/c1-8-10-15-28-24(32)23(20-12-13-22(31)19(3)18-20)30(16-11-9-2)25(33)21(14-17-36-7)29-26(34)35-27(4,5)6/h12-13,18,21,23,31H,8-11,14-17H2,1-7H3,(H,28,32)(H,29,34). The molecule has 0 bridgehead atoms. The molecule has 0 saturated heterocycles. The maximum Gasteiger partial charge on any atom is 0.408 e. The highest BCUT2D eigenvalue weighted by Crippen LogP contribution is 2.28. The van der Waals surface area contributed by atoms with Crippen molar-refractivity contribution in [1.29, 1.82) is 0 Å². The largest absolute Gasteiger partial charge is 0.508 e. The molecule has 9 heteroatoms. The Bertz CT molecular complexity index is 856. The number of amides is 3. The molecule has 1 rings (SSSR count). The first-order valence-electron chi connectivity index (χ1n) is 12.8. The molecule has 0 fully saturated rings. The van der Waals surface area contributed by atoms with Crippen LogP contribution in [0.2, 0.25) is 0 Å². The molecular formula is C27H45N3O5S. The summed E-state index contributed by atoms with van der Waals surface area (Å²) in [5.41, 5.74) is 0.529. The van der Waals surface area contributed by atoms with Crippen LogP contribution in [0.4, 0.5) is 4.79 Å². The zero-order chi connectivity index (χ0) is 27.3. The first-order chi connectivity index (χ1) is 16.9. The number of phenolic OH excluding ortho intramolecular Hbond substituents is 1. The number of unbranched alkanes of at least 4 members (excludes halogenated alkanes) is 2. The molecule has 2 atom stereocenters. The molecule has 0 aliphatic heterocycles. The van der Waals surface area contributed by atoms with Crippen LogP contribution in [-0.4, -0.2) is 64.7 Å². The van der Waals surface area contributed by atoms with Crippen molar-refractivity contribution in [3.63, 3.8) is 0 Å². The summed E-state index contributed by atoms with van der Waals surface area (Å²) in [5.74, 6) is 0.169. The minimum absolute atomic E-state index is 0.125. The van der Waals surface area contributed by atoms with Crippen LogP contribution in [-0.2, 0) is 14.3 Å². The lowest BCUT2D eigenvalue weighted by Crippen LogP contribution is -2.53. The fraction of sp³-hybridized carbons (Fsp3) is 0.667. The number of benzene rings is 1. The van der Waals surface area contributed by atoms with Crippen molar-refractivity contribution in [2.45, 2.75) is 91.3 Å². The molecule has 3 N–H and O–H groups in total. The van der Waals surface area contributed by atoms with Gasteiger partial charge in [0, 0.05) is 13.1 Å². The van der Waals surface area contributed by atoms with Gasteiger partial charge in [-0.2, -0.15) is 11.8 Å². The number of hydrogen-bond acceptors (Lipinski definition) is 6. The Hall–Kier alpha value is -2.42. The van der Waals surface area contributed by atoms with Crippen molar-refractivity contribution < 1.29 is 24.2 Å². The lowest BCUT2D eigenvalue weighted by Gasteiger charge is -2.34. The third-order valence-corrected chi connectivity index (χ3v) is 6.21. The van der Waals surface area contributed by atoms with E-state index in [1.54, 1.807) is 62.6 Å². The van der Waals surface area contributed by atoms with E-state index < -0.39 is 23.8 Å². The van der Waals surface area contributed by atoms with Gasteiger partial charge in [-0.1, -0.05) is 32.8 Å². The average molecular weight is 524 g/mol. The summed E-state index contributed by atoms with van der Waals surface area (Å²) in [6.07, 6.45) is 4.96. The van der Waals surface area contributed by atoms with Crippen molar-refractivity contribution in [3.05, 3.63) is 29.3 Å². The van der Waals surface area contributed by atoms with Crippen LogP contribution in [0, 0.1) is 6.92 Å². The predicted molar refractivity (Wildman–Crippen MR) is 146 cm³/mol. The van der Waals surface area contributed by atoms with E-state index >= 15 is 0 Å². The summed E-state index contributed by atoms with van der Waals surface area (Å²) >= 11 is 1.58. The number of alkyl carbamates (subject to hydrolysis) is 1. The number of aromatic hydroxyl groups is 1. The normalized spacial score (nSPS) is 13.0. The first kappa shape index (κ1) is 31.6. The number of carbonyl (C=O) groups excluding carboxylic acids is 3. The number of ether oxygens (including phenoxy) is 1. The van der Waals surface area contributed by atoms with Crippen molar-refractivity contribution in [2.24, 2.45) is 0 Å². The molecule has 0 saturated carbocycles. The maximum absolute atomic E-state index is 14.0. The number of phenols is 1. The number of aryl methyl sites for hydroxylation is 1. The van der Waals surface area contributed by atoms with Crippen LogP contribution >= 0.6 is 11.8 Å². The van der Waals surface area contributed by atoms with Gasteiger partial charge in [-0.15, -0.1) is 0 Å². The van der Waals surface area contributed by atoms with E-state index in [4.69, 9.17) is 4.74 Å². The molecule has 0 aromatic heterocycles. The van der Waals surface area contributed by atoms with E-state index in [0.29, 0.717) is 42.8 Å². The maximum atomic E-state index is 14.0. The second-order valence-electron chi connectivity index (χ2n) is 9.96. The smallest absolute Gasteiger partial charge is 0.408 e. The molecule has 1 aromatic rings. The molecule has 0 heterocycles. The minimum Gasteiger partial charge on any atom is -0.508 e. The van der Waals surface area contributed by atoms with Crippen LogP contribution < -0.4 is 10.6 Å². The second-order valence-corrected chi connectivity index (χ2v) is 10.9. The molecule has 3 amide bonds. The molecule has 8 nitrogen and oxygen atoms in total. The Labute approximate surface area is 220 Å². The molecule has 2 unspecified atom stereocenters. The fourth-order valence-electron chi connectivity index (χ4n) is 3.64. The van der Waals surface area contributed by atoms with Gasteiger partial charge in [0.1, 0.15) is 23.4 Å². The van der Waals surface area contributed by atoms with Gasteiger partial charge >= 0.3 is 6.09 Å². The topological polar surface area (TPSA) is 108 Å². The van der Waals surface area contributed by atoms with Gasteiger partial charge in [-0.25, -0.2) is 4.79 Å². The van der Waals surface area contributed by atoms with Crippen molar-refractivity contribution in [2.75, 3.05) is 25.1 Å². The number of thioether (sulfide) groups is 1. The van der Waals surface area contributed by atoms with Crippen molar-refractivity contribution >= 4 is 29.7 Å². The highest BCUT2D eigenvalue weighted by atomic mass is 32.2. The second kappa shape index (κ2) is 15.6. The molecule has 1 aromatic carbocycles. The SMILES string of the molecule is CCCCNC(=O)C(c1ccc(O)c(C)c1)N(CCCC)C(=O)C(CCSC)NC(=O)OC(C)(C)C. The molecule has 0 spiro atoms. The Balaban J connectivity index is 3.44. The van der Waals surface area contributed by atoms with Gasteiger partial charge in [0.05, 0.1) is 0 Å². The Kier molecular flexibility index (Phi) is 13.7. The average Bonchev–Trinajstić information content (AvgIpc) is 2.79. The number of nitrogens with one attached hydrogen (secondary N) is 2. The van der Waals surface area contributed by atoms with Crippen LogP contribution in [0.25, 0.3) is 0 Å². The Morgan fingerprint density at radius 1 is 1.14 bits per heavy atom. The number of hydrogen-bond donors (Lipinski definition) is 3. The number of carbonyl (C=O) groups is 3.